The van der Waals surface area contributed by atoms with E-state index >= 15 is 0 Å². The first kappa shape index (κ1) is 11.9. The van der Waals surface area contributed by atoms with Crippen molar-refractivity contribution in [2.45, 2.75) is 0 Å². The van der Waals surface area contributed by atoms with Crippen molar-refractivity contribution in [1.82, 2.24) is 0 Å². The number of fused-ring (bicyclic) bond motifs is 5. The van der Waals surface area contributed by atoms with Gasteiger partial charge in [-0.1, -0.05) is 48.5 Å². The first-order valence-corrected chi connectivity index (χ1v) is 6.73. The van der Waals surface area contributed by atoms with Gasteiger partial charge in [-0.15, -0.1) is 0 Å². The van der Waals surface area contributed by atoms with Crippen LogP contribution in [0.2, 0.25) is 0 Å². The van der Waals surface area contributed by atoms with Crippen LogP contribution in [0.15, 0.2) is 66.7 Å². The van der Waals surface area contributed by atoms with Gasteiger partial charge in [-0.05, 0) is 38.4 Å². The summed E-state index contributed by atoms with van der Waals surface area (Å²) in [5.74, 6) is 0. The highest BCUT2D eigenvalue weighted by Crippen LogP contribution is 2.32. The molecule has 0 spiro atoms. The van der Waals surface area contributed by atoms with Crippen LogP contribution in [0.5, 0.6) is 0 Å². The van der Waals surface area contributed by atoms with Crippen LogP contribution in [0.25, 0.3) is 32.3 Å². The van der Waals surface area contributed by atoms with Crippen molar-refractivity contribution in [2.75, 3.05) is 0 Å². The van der Waals surface area contributed by atoms with E-state index in [4.69, 9.17) is 0 Å². The van der Waals surface area contributed by atoms with E-state index in [0.29, 0.717) is 0 Å². The summed E-state index contributed by atoms with van der Waals surface area (Å²) < 4.78 is 0. The van der Waals surface area contributed by atoms with Gasteiger partial charge in [0.2, 0.25) is 0 Å². The lowest BCUT2D eigenvalue weighted by Gasteiger charge is -2.07. The topological polar surface area (TPSA) is 43.1 Å². The molecule has 0 heterocycles. The van der Waals surface area contributed by atoms with Gasteiger partial charge < -0.3 is 0 Å². The van der Waals surface area contributed by atoms with Gasteiger partial charge in [-0.25, -0.2) is 0 Å². The first-order valence-electron chi connectivity index (χ1n) is 6.73. The molecule has 0 fully saturated rings. The molecule has 3 nitrogen and oxygen atoms in total. The number of nitrogens with zero attached hydrogens (tertiary/aromatic N) is 1. The third-order valence-corrected chi connectivity index (χ3v) is 3.94. The second-order valence-corrected chi connectivity index (χ2v) is 5.11. The van der Waals surface area contributed by atoms with Gasteiger partial charge in [-0.2, -0.15) is 0 Å². The molecular weight excluding hydrogens is 262 g/mol. The Morgan fingerprint density at radius 3 is 2.05 bits per heavy atom. The van der Waals surface area contributed by atoms with E-state index in [1.54, 1.807) is 12.1 Å². The zero-order valence-corrected chi connectivity index (χ0v) is 11.1. The molecule has 4 aromatic rings. The molecule has 0 atom stereocenters. The summed E-state index contributed by atoms with van der Waals surface area (Å²) in [4.78, 5) is 10.7. The normalized spacial score (nSPS) is 11.2. The maximum Gasteiger partial charge on any atom is 0.270 e. The number of nitro groups is 1. The Labute approximate surface area is 120 Å². The molecule has 0 N–H and O–H groups in total. The fourth-order valence-corrected chi connectivity index (χ4v) is 2.92. The standard InChI is InChI=1S/C18H11NO2/c20-19(21)14-8-5-13-7-9-16-15-4-2-1-3-12(15)6-10-17(16)18(13)11-14/h1-11H. The first-order chi connectivity index (χ1) is 10.2. The monoisotopic (exact) mass is 273 g/mol. The molecule has 0 unspecified atom stereocenters. The Kier molecular flexibility index (Phi) is 2.42. The van der Waals surface area contributed by atoms with Crippen LogP contribution in [-0.2, 0) is 0 Å². The highest BCUT2D eigenvalue weighted by Gasteiger charge is 2.09. The number of hydrogen-bond donors (Lipinski definition) is 0. The highest BCUT2D eigenvalue weighted by molar-refractivity contribution is 6.17. The van der Waals surface area contributed by atoms with Gasteiger partial charge >= 0.3 is 0 Å². The molecule has 0 aromatic heterocycles. The van der Waals surface area contributed by atoms with Crippen molar-refractivity contribution in [2.24, 2.45) is 0 Å². The fraction of sp³-hybridized carbons (Fsp3) is 0. The molecule has 0 aliphatic carbocycles. The molecule has 4 rings (SSSR count). The van der Waals surface area contributed by atoms with Crippen molar-refractivity contribution in [1.29, 1.82) is 0 Å². The lowest BCUT2D eigenvalue weighted by molar-refractivity contribution is -0.384. The molecule has 0 saturated carbocycles. The molecule has 3 heteroatoms. The molecule has 100 valence electrons. The molecule has 0 radical (unpaired) electrons. The summed E-state index contributed by atoms with van der Waals surface area (Å²) in [6, 6.07) is 21.4. The maximum atomic E-state index is 11.0. The summed E-state index contributed by atoms with van der Waals surface area (Å²) >= 11 is 0. The predicted molar refractivity (Wildman–Crippen MR) is 85.6 cm³/mol. The number of nitro benzene ring substituents is 1. The van der Waals surface area contributed by atoms with Crippen molar-refractivity contribution in [3.05, 3.63) is 76.8 Å². The molecule has 0 aliphatic rings. The van der Waals surface area contributed by atoms with E-state index < -0.39 is 0 Å². The summed E-state index contributed by atoms with van der Waals surface area (Å²) in [7, 11) is 0. The molecule has 0 aliphatic heterocycles. The molecule has 0 bridgehead atoms. The van der Waals surface area contributed by atoms with Gasteiger partial charge in [0.15, 0.2) is 0 Å². The number of hydrogen-bond acceptors (Lipinski definition) is 2. The Hall–Kier alpha value is -2.94. The van der Waals surface area contributed by atoms with Crippen LogP contribution in [0.4, 0.5) is 5.69 Å². The van der Waals surface area contributed by atoms with Crippen molar-refractivity contribution in [3.8, 4) is 0 Å². The van der Waals surface area contributed by atoms with Crippen LogP contribution < -0.4 is 0 Å². The van der Waals surface area contributed by atoms with Crippen LogP contribution in [0.3, 0.4) is 0 Å². The predicted octanol–water partition coefficient (Wildman–Crippen LogP) is 5.05. The van der Waals surface area contributed by atoms with E-state index in [1.807, 2.05) is 30.3 Å². The van der Waals surface area contributed by atoms with Gasteiger partial charge in [0, 0.05) is 12.1 Å². The largest absolute Gasteiger partial charge is 0.270 e. The van der Waals surface area contributed by atoms with Crippen LogP contribution in [-0.4, -0.2) is 4.92 Å². The maximum absolute atomic E-state index is 11.0. The minimum absolute atomic E-state index is 0.128. The zero-order valence-electron chi connectivity index (χ0n) is 11.1. The average molecular weight is 273 g/mol. The van der Waals surface area contributed by atoms with E-state index in [-0.39, 0.29) is 10.6 Å². The molecule has 4 aromatic carbocycles. The molecule has 21 heavy (non-hydrogen) atoms. The lowest BCUT2D eigenvalue weighted by atomic mass is 9.97. The van der Waals surface area contributed by atoms with Gasteiger partial charge in [0.1, 0.15) is 0 Å². The van der Waals surface area contributed by atoms with E-state index in [1.165, 1.54) is 10.8 Å². The Bertz CT molecular complexity index is 1020. The smallest absolute Gasteiger partial charge is 0.258 e. The summed E-state index contributed by atoms with van der Waals surface area (Å²) in [6.45, 7) is 0. The van der Waals surface area contributed by atoms with Crippen molar-refractivity contribution < 1.29 is 4.92 Å². The Morgan fingerprint density at radius 2 is 1.29 bits per heavy atom. The highest BCUT2D eigenvalue weighted by atomic mass is 16.6. The fourth-order valence-electron chi connectivity index (χ4n) is 2.92. The minimum atomic E-state index is -0.348. The number of benzene rings is 4. The van der Waals surface area contributed by atoms with Gasteiger partial charge in [0.25, 0.3) is 5.69 Å². The summed E-state index contributed by atoms with van der Waals surface area (Å²) in [5, 5.41) is 17.5. The third kappa shape index (κ3) is 1.75. The lowest BCUT2D eigenvalue weighted by Crippen LogP contribution is -1.88. The van der Waals surface area contributed by atoms with Crippen LogP contribution in [0.1, 0.15) is 0 Å². The minimum Gasteiger partial charge on any atom is -0.258 e. The molecule has 0 saturated heterocycles. The average Bonchev–Trinajstić information content (AvgIpc) is 2.53. The molecular formula is C18H11NO2. The van der Waals surface area contributed by atoms with E-state index in [0.717, 1.165) is 21.5 Å². The molecule has 0 amide bonds. The second-order valence-electron chi connectivity index (χ2n) is 5.11. The van der Waals surface area contributed by atoms with Gasteiger partial charge in [0.05, 0.1) is 4.92 Å². The van der Waals surface area contributed by atoms with Crippen molar-refractivity contribution in [3.63, 3.8) is 0 Å². The van der Waals surface area contributed by atoms with E-state index in [9.17, 15) is 10.1 Å². The Morgan fingerprint density at radius 1 is 0.667 bits per heavy atom. The second kappa shape index (κ2) is 4.28. The number of rotatable bonds is 1. The number of non-ortho nitro benzene ring substituents is 1. The summed E-state index contributed by atoms with van der Waals surface area (Å²) in [6.07, 6.45) is 0. The van der Waals surface area contributed by atoms with E-state index in [2.05, 4.69) is 24.3 Å². The van der Waals surface area contributed by atoms with Crippen LogP contribution >= 0.6 is 0 Å². The Balaban J connectivity index is 2.20. The van der Waals surface area contributed by atoms with Gasteiger partial charge in [-0.3, -0.25) is 10.1 Å². The quantitative estimate of drug-likeness (QED) is 0.276. The van der Waals surface area contributed by atoms with Crippen LogP contribution in [0, 0.1) is 10.1 Å². The third-order valence-electron chi connectivity index (χ3n) is 3.94. The zero-order chi connectivity index (χ0) is 14.4. The SMILES string of the molecule is O=[N+]([O-])c1ccc2ccc3c4ccccc4ccc3c2c1. The summed E-state index contributed by atoms with van der Waals surface area (Å²) in [5.41, 5.74) is 0.128. The van der Waals surface area contributed by atoms with Crippen molar-refractivity contribution >= 4 is 38.0 Å².